The van der Waals surface area contributed by atoms with Crippen molar-refractivity contribution in [2.75, 3.05) is 13.7 Å². The summed E-state index contributed by atoms with van der Waals surface area (Å²) in [6.45, 7) is 6.71. The Hall–Kier alpha value is -4.13. The summed E-state index contributed by atoms with van der Waals surface area (Å²) in [5.41, 5.74) is 2.62. The Morgan fingerprint density at radius 2 is 1.83 bits per heavy atom. The van der Waals surface area contributed by atoms with E-state index in [4.69, 9.17) is 9.47 Å². The number of carbonyl (C=O) groups excluding carboxylic acids is 2. The van der Waals surface area contributed by atoms with Gasteiger partial charge in [-0.25, -0.2) is 0 Å². The highest BCUT2D eigenvalue weighted by Crippen LogP contribution is 2.41. The van der Waals surface area contributed by atoms with Gasteiger partial charge in [0.2, 0.25) is 0 Å². The number of aromatic nitrogens is 1. The Bertz CT molecular complexity index is 1280. The number of methoxy groups -OCH3 is 1. The average Bonchev–Trinajstić information content (AvgIpc) is 3.13. The summed E-state index contributed by atoms with van der Waals surface area (Å²) >= 11 is 0. The number of aliphatic hydroxyl groups excluding tert-OH is 1. The molecule has 1 aromatic heterocycles. The van der Waals surface area contributed by atoms with Crippen LogP contribution >= 0.6 is 0 Å². The summed E-state index contributed by atoms with van der Waals surface area (Å²) < 4.78 is 11.1. The molecule has 1 aliphatic heterocycles. The zero-order valence-corrected chi connectivity index (χ0v) is 20.9. The first-order chi connectivity index (χ1) is 17.3. The molecule has 1 aliphatic rings. The molecule has 1 saturated heterocycles. The quantitative estimate of drug-likeness (QED) is 0.272. The molecule has 1 amide bonds. The van der Waals surface area contributed by atoms with Gasteiger partial charge in [0, 0.05) is 11.8 Å². The zero-order valence-electron chi connectivity index (χ0n) is 20.9. The molecule has 0 spiro atoms. The van der Waals surface area contributed by atoms with Crippen LogP contribution in [0.4, 0.5) is 0 Å². The van der Waals surface area contributed by atoms with Gasteiger partial charge in [0.05, 0.1) is 37.6 Å². The molecule has 0 saturated carbocycles. The predicted molar refractivity (Wildman–Crippen MR) is 137 cm³/mol. The molecular formula is C29H30N2O5. The number of aliphatic hydroxyl groups is 1. The number of nitrogens with zero attached hydrogens (tertiary/aromatic N) is 2. The number of likely N-dealkylation sites (tertiary alicyclic amines) is 1. The average molecular weight is 487 g/mol. The highest BCUT2D eigenvalue weighted by molar-refractivity contribution is 6.46. The van der Waals surface area contributed by atoms with Gasteiger partial charge in [-0.3, -0.25) is 14.6 Å². The van der Waals surface area contributed by atoms with Crippen LogP contribution in [-0.4, -0.2) is 40.4 Å². The molecule has 1 unspecified atom stereocenters. The number of ether oxygens (including phenoxy) is 2. The van der Waals surface area contributed by atoms with Gasteiger partial charge in [-0.15, -0.1) is 0 Å². The van der Waals surface area contributed by atoms with Gasteiger partial charge in [-0.1, -0.05) is 32.0 Å². The third-order valence-corrected chi connectivity index (χ3v) is 6.05. The van der Waals surface area contributed by atoms with E-state index >= 15 is 0 Å². The maximum Gasteiger partial charge on any atom is 0.296 e. The number of pyridine rings is 1. The van der Waals surface area contributed by atoms with Crippen LogP contribution in [0.3, 0.4) is 0 Å². The van der Waals surface area contributed by atoms with E-state index in [1.165, 1.54) is 4.90 Å². The van der Waals surface area contributed by atoms with E-state index < -0.39 is 17.7 Å². The van der Waals surface area contributed by atoms with Crippen LogP contribution in [-0.2, 0) is 16.1 Å². The van der Waals surface area contributed by atoms with Gasteiger partial charge >= 0.3 is 0 Å². The lowest BCUT2D eigenvalue weighted by molar-refractivity contribution is -0.140. The number of hydrogen-bond acceptors (Lipinski definition) is 6. The third-order valence-electron chi connectivity index (χ3n) is 6.05. The van der Waals surface area contributed by atoms with Crippen molar-refractivity contribution >= 4 is 17.4 Å². The second-order valence-electron chi connectivity index (χ2n) is 9.21. The Balaban J connectivity index is 1.79. The van der Waals surface area contributed by atoms with E-state index in [9.17, 15) is 14.7 Å². The smallest absolute Gasteiger partial charge is 0.296 e. The van der Waals surface area contributed by atoms with Crippen LogP contribution in [0, 0.1) is 12.8 Å². The van der Waals surface area contributed by atoms with Gasteiger partial charge in [0.15, 0.2) is 0 Å². The van der Waals surface area contributed by atoms with Gasteiger partial charge in [-0.05, 0) is 66.4 Å². The monoisotopic (exact) mass is 486 g/mol. The van der Waals surface area contributed by atoms with E-state index in [0.717, 1.165) is 5.56 Å². The number of amides is 1. The third kappa shape index (κ3) is 5.10. The number of ketones is 1. The molecule has 7 nitrogen and oxygen atoms in total. The Morgan fingerprint density at radius 1 is 1.08 bits per heavy atom. The number of hydrogen-bond donors (Lipinski definition) is 1. The van der Waals surface area contributed by atoms with E-state index in [2.05, 4.69) is 18.8 Å². The molecule has 4 rings (SSSR count). The van der Waals surface area contributed by atoms with Crippen molar-refractivity contribution in [1.82, 2.24) is 9.88 Å². The molecule has 7 heteroatoms. The van der Waals surface area contributed by atoms with Crippen LogP contribution in [0.1, 0.15) is 42.3 Å². The van der Waals surface area contributed by atoms with Crippen LogP contribution < -0.4 is 9.47 Å². The predicted octanol–water partition coefficient (Wildman–Crippen LogP) is 5.06. The number of Topliss-reactive ketones (excluding diaryl/α,β-unsaturated/α-hetero) is 1. The standard InChI is InChI=1S/C29H30N2O5/c1-18(2)17-36-24-13-10-21(15-19(24)3)27(32)25-26(20-8-11-23(35-4)12-9-20)31(29(34)28(25)33)16-22-7-5-6-14-30-22/h5-15,18,26,32H,16-17H2,1-4H3/b27-25-. The SMILES string of the molecule is COc1ccc(C2/C(=C(/O)c3ccc(OCC(C)C)c(C)c3)C(=O)C(=O)N2Cc2ccccn2)cc1. The Kier molecular flexibility index (Phi) is 7.38. The summed E-state index contributed by atoms with van der Waals surface area (Å²) in [4.78, 5) is 32.2. The van der Waals surface area contributed by atoms with Crippen LogP contribution in [0.15, 0.2) is 72.4 Å². The van der Waals surface area contributed by atoms with E-state index in [-0.39, 0.29) is 17.9 Å². The first-order valence-corrected chi connectivity index (χ1v) is 11.9. The maximum absolute atomic E-state index is 13.3. The molecule has 1 fully saturated rings. The fourth-order valence-electron chi connectivity index (χ4n) is 4.21. The summed E-state index contributed by atoms with van der Waals surface area (Å²) in [7, 11) is 1.57. The van der Waals surface area contributed by atoms with Crippen molar-refractivity contribution in [3.05, 3.63) is 94.8 Å². The minimum atomic E-state index is -0.782. The zero-order chi connectivity index (χ0) is 25.8. The molecular weight excluding hydrogens is 456 g/mol. The van der Waals surface area contributed by atoms with Crippen molar-refractivity contribution in [3.8, 4) is 11.5 Å². The minimum Gasteiger partial charge on any atom is -0.507 e. The molecule has 186 valence electrons. The number of rotatable bonds is 8. The summed E-state index contributed by atoms with van der Waals surface area (Å²) in [5, 5.41) is 11.4. The van der Waals surface area contributed by atoms with Gasteiger partial charge in [0.25, 0.3) is 11.7 Å². The molecule has 2 heterocycles. The Morgan fingerprint density at radius 3 is 2.44 bits per heavy atom. The molecule has 3 aromatic rings. The highest BCUT2D eigenvalue weighted by Gasteiger charge is 2.46. The number of benzene rings is 2. The fourth-order valence-corrected chi connectivity index (χ4v) is 4.21. The van der Waals surface area contributed by atoms with Crippen LogP contribution in [0.25, 0.3) is 5.76 Å². The molecule has 0 radical (unpaired) electrons. The van der Waals surface area contributed by atoms with Gasteiger partial charge < -0.3 is 19.5 Å². The lowest BCUT2D eigenvalue weighted by Gasteiger charge is -2.25. The lowest BCUT2D eigenvalue weighted by Crippen LogP contribution is -2.29. The molecule has 1 atom stereocenters. The first kappa shape index (κ1) is 25.0. The highest BCUT2D eigenvalue weighted by atomic mass is 16.5. The van der Waals surface area contributed by atoms with Gasteiger partial charge in [-0.2, -0.15) is 0 Å². The summed E-state index contributed by atoms with van der Waals surface area (Å²) in [6, 6.07) is 17.0. The Labute approximate surface area is 211 Å². The molecule has 2 aromatic carbocycles. The van der Waals surface area contributed by atoms with E-state index in [0.29, 0.717) is 40.8 Å². The van der Waals surface area contributed by atoms with Crippen molar-refractivity contribution in [2.24, 2.45) is 5.92 Å². The second kappa shape index (κ2) is 10.6. The lowest BCUT2D eigenvalue weighted by atomic mass is 9.94. The molecule has 0 aliphatic carbocycles. The summed E-state index contributed by atoms with van der Waals surface area (Å²) in [5.74, 6) is 0.0857. The fraction of sp³-hybridized carbons (Fsp3) is 0.276. The largest absolute Gasteiger partial charge is 0.507 e. The van der Waals surface area contributed by atoms with Gasteiger partial charge in [0.1, 0.15) is 17.3 Å². The van der Waals surface area contributed by atoms with Crippen molar-refractivity contribution in [3.63, 3.8) is 0 Å². The maximum atomic E-state index is 13.3. The summed E-state index contributed by atoms with van der Waals surface area (Å²) in [6.07, 6.45) is 1.64. The topological polar surface area (TPSA) is 89.0 Å². The normalized spacial score (nSPS) is 17.0. The van der Waals surface area contributed by atoms with Crippen LogP contribution in [0.2, 0.25) is 0 Å². The second-order valence-corrected chi connectivity index (χ2v) is 9.21. The van der Waals surface area contributed by atoms with Crippen molar-refractivity contribution in [2.45, 2.75) is 33.4 Å². The molecule has 1 N–H and O–H groups in total. The van der Waals surface area contributed by atoms with Crippen molar-refractivity contribution < 1.29 is 24.2 Å². The molecule has 36 heavy (non-hydrogen) atoms. The van der Waals surface area contributed by atoms with Crippen LogP contribution in [0.5, 0.6) is 11.5 Å². The van der Waals surface area contributed by atoms with E-state index in [1.807, 2.05) is 13.0 Å². The van der Waals surface area contributed by atoms with E-state index in [1.54, 1.807) is 67.9 Å². The first-order valence-electron chi connectivity index (χ1n) is 11.9. The number of aryl methyl sites for hydroxylation is 1. The number of carbonyl (C=O) groups is 2. The minimum absolute atomic E-state index is 0.0383. The molecule has 0 bridgehead atoms. The van der Waals surface area contributed by atoms with Crippen molar-refractivity contribution in [1.29, 1.82) is 0 Å².